The van der Waals surface area contributed by atoms with Crippen molar-refractivity contribution in [3.63, 3.8) is 0 Å². The second-order valence-electron chi connectivity index (χ2n) is 7.72. The zero-order chi connectivity index (χ0) is 13.8. The minimum atomic E-state index is 0.861. The first-order valence-electron chi connectivity index (χ1n) is 9.31. The second kappa shape index (κ2) is 7.26. The number of nitrogens with two attached hydrogens (primary N) is 1. The van der Waals surface area contributed by atoms with E-state index < -0.39 is 0 Å². The Morgan fingerprint density at radius 3 is 2.30 bits per heavy atom. The Morgan fingerprint density at radius 1 is 0.900 bits per heavy atom. The van der Waals surface area contributed by atoms with Crippen LogP contribution in [0.15, 0.2) is 0 Å². The lowest BCUT2D eigenvalue weighted by Crippen LogP contribution is -2.41. The van der Waals surface area contributed by atoms with Crippen LogP contribution in [0, 0.1) is 17.8 Å². The van der Waals surface area contributed by atoms with E-state index in [2.05, 4.69) is 4.90 Å². The normalized spacial score (nSPS) is 34.8. The van der Waals surface area contributed by atoms with Crippen molar-refractivity contribution < 1.29 is 0 Å². The van der Waals surface area contributed by atoms with E-state index in [1.54, 1.807) is 6.42 Å². The third kappa shape index (κ3) is 3.57. The molecule has 0 amide bonds. The number of fused-ring (bicyclic) bond motifs is 2. The van der Waals surface area contributed by atoms with E-state index in [-0.39, 0.29) is 0 Å². The Morgan fingerprint density at radius 2 is 1.70 bits per heavy atom. The van der Waals surface area contributed by atoms with Crippen molar-refractivity contribution in [3.8, 4) is 0 Å². The molecule has 3 fully saturated rings. The van der Waals surface area contributed by atoms with Gasteiger partial charge in [0.25, 0.3) is 0 Å². The summed E-state index contributed by atoms with van der Waals surface area (Å²) in [5.74, 6) is 3.19. The van der Waals surface area contributed by atoms with Crippen LogP contribution in [0.4, 0.5) is 0 Å². The van der Waals surface area contributed by atoms with Gasteiger partial charge in [-0.1, -0.05) is 32.1 Å². The maximum Gasteiger partial charge on any atom is 0.00953 e. The fraction of sp³-hybridized carbons (Fsp3) is 1.00. The predicted molar refractivity (Wildman–Crippen MR) is 85.7 cm³/mol. The van der Waals surface area contributed by atoms with Crippen LogP contribution in [0.3, 0.4) is 0 Å². The Hall–Kier alpha value is -0.0800. The van der Waals surface area contributed by atoms with Crippen molar-refractivity contribution in [1.82, 2.24) is 4.90 Å². The average Bonchev–Trinajstić information content (AvgIpc) is 2.97. The molecule has 3 unspecified atom stereocenters. The van der Waals surface area contributed by atoms with E-state index in [9.17, 15) is 0 Å². The second-order valence-corrected chi connectivity index (χ2v) is 7.72. The van der Waals surface area contributed by atoms with Gasteiger partial charge in [-0.05, 0) is 69.4 Å². The summed E-state index contributed by atoms with van der Waals surface area (Å²) in [5.41, 5.74) is 5.78. The van der Waals surface area contributed by atoms with Gasteiger partial charge in [-0.2, -0.15) is 0 Å². The van der Waals surface area contributed by atoms with Gasteiger partial charge in [0.05, 0.1) is 0 Å². The molecule has 0 aromatic carbocycles. The number of nitrogens with zero attached hydrogens (tertiary/aromatic N) is 1. The minimum Gasteiger partial charge on any atom is -0.330 e. The fourth-order valence-electron chi connectivity index (χ4n) is 5.24. The monoisotopic (exact) mass is 278 g/mol. The van der Waals surface area contributed by atoms with Gasteiger partial charge in [0.15, 0.2) is 0 Å². The standard InChI is InChI=1S/C18H34N2/c19-10-5-11-20(18-6-3-1-2-4-7-18)14-17-13-15-8-9-16(17)12-15/h15-18H,1-14,19H2. The van der Waals surface area contributed by atoms with Crippen molar-refractivity contribution in [2.24, 2.45) is 23.5 Å². The highest BCUT2D eigenvalue weighted by atomic mass is 15.2. The van der Waals surface area contributed by atoms with Crippen molar-refractivity contribution >= 4 is 0 Å². The van der Waals surface area contributed by atoms with Crippen molar-refractivity contribution in [1.29, 1.82) is 0 Å². The molecule has 3 rings (SSSR count). The molecule has 0 heterocycles. The van der Waals surface area contributed by atoms with E-state index in [1.807, 2.05) is 0 Å². The lowest BCUT2D eigenvalue weighted by molar-refractivity contribution is 0.129. The Kier molecular flexibility index (Phi) is 5.39. The van der Waals surface area contributed by atoms with Gasteiger partial charge in [0.1, 0.15) is 0 Å². The SMILES string of the molecule is NCCCN(CC1CC2CCC1C2)C1CCCCCC1. The zero-order valence-corrected chi connectivity index (χ0v) is 13.2. The molecule has 3 aliphatic carbocycles. The molecule has 2 nitrogen and oxygen atoms in total. The Bertz CT molecular complexity index is 283. The molecular weight excluding hydrogens is 244 g/mol. The van der Waals surface area contributed by atoms with E-state index in [0.29, 0.717) is 0 Å². The molecule has 20 heavy (non-hydrogen) atoms. The first-order valence-corrected chi connectivity index (χ1v) is 9.31. The zero-order valence-electron chi connectivity index (χ0n) is 13.2. The Labute approximate surface area is 125 Å². The van der Waals surface area contributed by atoms with Crippen LogP contribution in [0.5, 0.6) is 0 Å². The number of rotatable bonds is 6. The van der Waals surface area contributed by atoms with E-state index in [4.69, 9.17) is 5.73 Å². The summed E-state index contributed by atoms with van der Waals surface area (Å²) in [6, 6.07) is 0.878. The molecule has 2 heteroatoms. The summed E-state index contributed by atoms with van der Waals surface area (Å²) < 4.78 is 0. The van der Waals surface area contributed by atoms with Crippen LogP contribution in [-0.4, -0.2) is 30.6 Å². The van der Waals surface area contributed by atoms with Crippen LogP contribution >= 0.6 is 0 Å². The smallest absolute Gasteiger partial charge is 0.00953 e. The van der Waals surface area contributed by atoms with Gasteiger partial charge in [-0.15, -0.1) is 0 Å². The first-order chi connectivity index (χ1) is 9.86. The van der Waals surface area contributed by atoms with Gasteiger partial charge in [0, 0.05) is 12.6 Å². The molecule has 2 N–H and O–H groups in total. The maximum absolute atomic E-state index is 5.78. The number of hydrogen-bond acceptors (Lipinski definition) is 2. The van der Waals surface area contributed by atoms with Gasteiger partial charge in [0.2, 0.25) is 0 Å². The van der Waals surface area contributed by atoms with Crippen molar-refractivity contribution in [3.05, 3.63) is 0 Å². The Balaban J connectivity index is 1.56. The van der Waals surface area contributed by atoms with Crippen molar-refractivity contribution in [2.45, 2.75) is 76.7 Å². The summed E-state index contributed by atoms with van der Waals surface area (Å²) in [7, 11) is 0. The largest absolute Gasteiger partial charge is 0.330 e. The molecule has 0 aliphatic heterocycles. The van der Waals surface area contributed by atoms with Gasteiger partial charge in [-0.25, -0.2) is 0 Å². The number of hydrogen-bond donors (Lipinski definition) is 1. The average molecular weight is 278 g/mol. The summed E-state index contributed by atoms with van der Waals surface area (Å²) >= 11 is 0. The van der Waals surface area contributed by atoms with Gasteiger partial charge < -0.3 is 10.6 Å². The lowest BCUT2D eigenvalue weighted by Gasteiger charge is -2.35. The highest BCUT2D eigenvalue weighted by molar-refractivity contribution is 4.92. The fourth-order valence-corrected chi connectivity index (χ4v) is 5.24. The first kappa shape index (κ1) is 14.8. The van der Waals surface area contributed by atoms with Crippen molar-refractivity contribution in [2.75, 3.05) is 19.6 Å². The van der Waals surface area contributed by atoms with Crippen LogP contribution in [0.2, 0.25) is 0 Å². The summed E-state index contributed by atoms with van der Waals surface area (Å²) in [6.07, 6.45) is 16.1. The van der Waals surface area contributed by atoms with Gasteiger partial charge in [-0.3, -0.25) is 0 Å². The topological polar surface area (TPSA) is 29.3 Å². The summed E-state index contributed by atoms with van der Waals surface area (Å²) in [6.45, 7) is 3.51. The molecule has 116 valence electrons. The highest BCUT2D eigenvalue weighted by Crippen LogP contribution is 2.48. The highest BCUT2D eigenvalue weighted by Gasteiger charge is 2.40. The molecule has 3 atom stereocenters. The maximum atomic E-state index is 5.78. The molecule has 0 saturated heterocycles. The van der Waals surface area contributed by atoms with E-state index >= 15 is 0 Å². The molecular formula is C18H34N2. The molecule has 0 radical (unpaired) electrons. The van der Waals surface area contributed by atoms with E-state index in [1.165, 1.54) is 77.3 Å². The predicted octanol–water partition coefficient (Wildman–Crippen LogP) is 3.80. The third-order valence-corrected chi connectivity index (χ3v) is 6.34. The van der Waals surface area contributed by atoms with E-state index in [0.717, 1.165) is 30.3 Å². The summed E-state index contributed by atoms with van der Waals surface area (Å²) in [5, 5.41) is 0. The molecule has 2 bridgehead atoms. The minimum absolute atomic E-state index is 0.861. The van der Waals surface area contributed by atoms with Gasteiger partial charge >= 0.3 is 0 Å². The molecule has 0 spiro atoms. The molecule has 3 aliphatic rings. The lowest BCUT2D eigenvalue weighted by atomic mass is 9.87. The van der Waals surface area contributed by atoms with Crippen LogP contribution in [-0.2, 0) is 0 Å². The summed E-state index contributed by atoms with van der Waals surface area (Å²) in [4.78, 5) is 2.86. The molecule has 0 aromatic rings. The quantitative estimate of drug-likeness (QED) is 0.749. The third-order valence-electron chi connectivity index (χ3n) is 6.34. The molecule has 3 saturated carbocycles. The van der Waals surface area contributed by atoms with Crippen LogP contribution < -0.4 is 5.73 Å². The van der Waals surface area contributed by atoms with Crippen LogP contribution in [0.1, 0.15) is 70.6 Å². The molecule has 0 aromatic heterocycles. The van der Waals surface area contributed by atoms with Crippen LogP contribution in [0.25, 0.3) is 0 Å².